The molecule has 8 heteroatoms. The second kappa shape index (κ2) is 4.19. The van der Waals surface area contributed by atoms with E-state index in [4.69, 9.17) is 5.11 Å². The first-order chi connectivity index (χ1) is 9.36. The molecule has 1 aliphatic carbocycles. The van der Waals surface area contributed by atoms with Crippen molar-refractivity contribution in [3.8, 4) is 0 Å². The summed E-state index contributed by atoms with van der Waals surface area (Å²) in [5.41, 5.74) is -0.922. The molecule has 20 heavy (non-hydrogen) atoms. The van der Waals surface area contributed by atoms with Gasteiger partial charge in [-0.15, -0.1) is 0 Å². The fraction of sp³-hybridized carbons (Fsp3) is 0.417. The van der Waals surface area contributed by atoms with Crippen molar-refractivity contribution in [2.75, 3.05) is 0 Å². The van der Waals surface area contributed by atoms with E-state index in [2.05, 4.69) is 10.1 Å². The Bertz CT molecular complexity index is 689. The zero-order valence-corrected chi connectivity index (χ0v) is 10.2. The summed E-state index contributed by atoms with van der Waals surface area (Å²) < 4.78 is 39.2. The lowest BCUT2D eigenvalue weighted by Crippen LogP contribution is -2.16. The van der Waals surface area contributed by atoms with Crippen LogP contribution >= 0.6 is 0 Å². The second-order valence-corrected chi connectivity index (χ2v) is 4.80. The summed E-state index contributed by atoms with van der Waals surface area (Å²) in [5.74, 6) is -1.22. The van der Waals surface area contributed by atoms with Crippen molar-refractivity contribution < 1.29 is 23.1 Å². The number of fused-ring (bicyclic) bond motifs is 1. The van der Waals surface area contributed by atoms with Crippen LogP contribution in [0.25, 0.3) is 5.65 Å². The molecule has 1 aliphatic rings. The highest BCUT2D eigenvalue weighted by Gasteiger charge is 2.35. The third kappa shape index (κ3) is 2.00. The smallest absolute Gasteiger partial charge is 0.435 e. The van der Waals surface area contributed by atoms with Gasteiger partial charge in [0.25, 0.3) is 0 Å². The second-order valence-electron chi connectivity index (χ2n) is 4.80. The number of carboxylic acids is 1. The van der Waals surface area contributed by atoms with Crippen molar-refractivity contribution in [2.45, 2.75) is 31.4 Å². The summed E-state index contributed by atoms with van der Waals surface area (Å²) in [6, 6.07) is 2.08. The summed E-state index contributed by atoms with van der Waals surface area (Å²) in [4.78, 5) is 14.7. The molecule has 0 radical (unpaired) electrons. The minimum atomic E-state index is -4.58. The molecule has 1 saturated carbocycles. The first kappa shape index (κ1) is 12.9. The van der Waals surface area contributed by atoms with E-state index < -0.39 is 17.8 Å². The molecule has 0 saturated heterocycles. The van der Waals surface area contributed by atoms with Gasteiger partial charge >= 0.3 is 12.1 Å². The van der Waals surface area contributed by atoms with Gasteiger partial charge in [-0.2, -0.15) is 18.3 Å². The quantitative estimate of drug-likeness (QED) is 0.921. The highest BCUT2D eigenvalue weighted by molar-refractivity contribution is 5.86. The fourth-order valence-corrected chi connectivity index (χ4v) is 2.24. The molecule has 2 heterocycles. The number of rotatable bonds is 2. The van der Waals surface area contributed by atoms with Crippen LogP contribution in [0.5, 0.6) is 0 Å². The summed E-state index contributed by atoms with van der Waals surface area (Å²) >= 11 is 0. The van der Waals surface area contributed by atoms with Crippen molar-refractivity contribution in [3.63, 3.8) is 0 Å². The average molecular weight is 285 g/mol. The Kier molecular flexibility index (Phi) is 2.70. The molecule has 2 aromatic rings. The van der Waals surface area contributed by atoms with E-state index in [0.29, 0.717) is 5.69 Å². The number of halogens is 3. The van der Waals surface area contributed by atoms with Gasteiger partial charge in [0.2, 0.25) is 0 Å². The topological polar surface area (TPSA) is 67.5 Å². The zero-order valence-electron chi connectivity index (χ0n) is 10.2. The molecule has 0 amide bonds. The molecule has 0 unspecified atom stereocenters. The molecular weight excluding hydrogens is 275 g/mol. The number of hydrogen-bond acceptors (Lipinski definition) is 3. The van der Waals surface area contributed by atoms with Gasteiger partial charge in [-0.1, -0.05) is 6.42 Å². The normalized spacial score (nSPS) is 16.4. The summed E-state index contributed by atoms with van der Waals surface area (Å²) in [6.07, 6.45) is -1.96. The molecule has 0 spiro atoms. The van der Waals surface area contributed by atoms with Crippen LogP contribution < -0.4 is 0 Å². The Morgan fingerprint density at radius 2 is 2.05 bits per heavy atom. The van der Waals surface area contributed by atoms with Crippen LogP contribution in [0.3, 0.4) is 0 Å². The Balaban J connectivity index is 2.22. The van der Waals surface area contributed by atoms with Crippen LogP contribution in [0.4, 0.5) is 13.2 Å². The summed E-state index contributed by atoms with van der Waals surface area (Å²) in [5, 5.41) is 12.5. The van der Waals surface area contributed by atoms with Gasteiger partial charge in [-0.25, -0.2) is 14.3 Å². The highest BCUT2D eigenvalue weighted by Crippen LogP contribution is 2.37. The minimum Gasteiger partial charge on any atom is -0.477 e. The van der Waals surface area contributed by atoms with Crippen molar-refractivity contribution in [2.24, 2.45) is 0 Å². The van der Waals surface area contributed by atoms with Gasteiger partial charge in [0.15, 0.2) is 17.0 Å². The number of carboxylic acid groups (broad SMARTS) is 1. The standard InChI is InChI=1S/C12H10F3N3O2/c13-12(14,15)9-5-10-16-7(11(19)20)4-8(18(10)17-9)6-2-1-3-6/h4-6H,1-3H2,(H,19,20). The third-order valence-corrected chi connectivity index (χ3v) is 3.49. The number of carbonyl (C=O) groups is 1. The lowest BCUT2D eigenvalue weighted by Gasteiger charge is -2.26. The van der Waals surface area contributed by atoms with Gasteiger partial charge in [0.1, 0.15) is 0 Å². The Morgan fingerprint density at radius 1 is 1.35 bits per heavy atom. The van der Waals surface area contributed by atoms with Gasteiger partial charge in [-0.3, -0.25) is 0 Å². The number of hydrogen-bond donors (Lipinski definition) is 1. The van der Waals surface area contributed by atoms with E-state index in [1.807, 2.05) is 0 Å². The lowest BCUT2D eigenvalue weighted by molar-refractivity contribution is -0.141. The van der Waals surface area contributed by atoms with Crippen LogP contribution in [-0.2, 0) is 6.18 Å². The van der Waals surface area contributed by atoms with Crippen LogP contribution in [0.2, 0.25) is 0 Å². The maximum absolute atomic E-state index is 12.7. The number of alkyl halides is 3. The fourth-order valence-electron chi connectivity index (χ4n) is 2.24. The first-order valence-corrected chi connectivity index (χ1v) is 6.07. The Hall–Kier alpha value is -2.12. The van der Waals surface area contributed by atoms with E-state index in [0.717, 1.165) is 29.8 Å². The molecule has 0 aromatic carbocycles. The van der Waals surface area contributed by atoms with Gasteiger partial charge in [-0.05, 0) is 18.9 Å². The highest BCUT2D eigenvalue weighted by atomic mass is 19.4. The Morgan fingerprint density at radius 3 is 2.55 bits per heavy atom. The first-order valence-electron chi connectivity index (χ1n) is 6.07. The average Bonchev–Trinajstić information content (AvgIpc) is 2.69. The maximum Gasteiger partial charge on any atom is 0.435 e. The monoisotopic (exact) mass is 285 g/mol. The molecule has 1 fully saturated rings. The predicted octanol–water partition coefficient (Wildman–Crippen LogP) is 2.71. The van der Waals surface area contributed by atoms with Crippen molar-refractivity contribution in [1.29, 1.82) is 0 Å². The summed E-state index contributed by atoms with van der Waals surface area (Å²) in [6.45, 7) is 0. The molecule has 2 aromatic heterocycles. The van der Waals surface area contributed by atoms with E-state index in [-0.39, 0.29) is 17.3 Å². The number of nitrogens with zero attached hydrogens (tertiary/aromatic N) is 3. The molecule has 0 aliphatic heterocycles. The Labute approximate surface area is 111 Å². The maximum atomic E-state index is 12.7. The summed E-state index contributed by atoms with van der Waals surface area (Å²) in [7, 11) is 0. The van der Waals surface area contributed by atoms with Crippen LogP contribution in [-0.4, -0.2) is 25.7 Å². The van der Waals surface area contributed by atoms with Gasteiger partial charge in [0, 0.05) is 17.7 Å². The molecule has 1 N–H and O–H groups in total. The van der Waals surface area contributed by atoms with Crippen LogP contribution in [0.15, 0.2) is 12.1 Å². The molecule has 106 valence electrons. The molecule has 5 nitrogen and oxygen atoms in total. The third-order valence-electron chi connectivity index (χ3n) is 3.49. The van der Waals surface area contributed by atoms with E-state index in [1.54, 1.807) is 0 Å². The largest absolute Gasteiger partial charge is 0.477 e. The van der Waals surface area contributed by atoms with Gasteiger partial charge in [0.05, 0.1) is 0 Å². The number of aromatic nitrogens is 3. The SMILES string of the molecule is O=C(O)c1cc(C2CCC2)n2nc(C(F)(F)F)cc2n1. The number of aromatic carboxylic acids is 1. The van der Waals surface area contributed by atoms with E-state index in [1.165, 1.54) is 6.07 Å². The van der Waals surface area contributed by atoms with Gasteiger partial charge < -0.3 is 5.11 Å². The molecular formula is C12H10F3N3O2. The van der Waals surface area contributed by atoms with E-state index in [9.17, 15) is 18.0 Å². The zero-order chi connectivity index (χ0) is 14.5. The van der Waals surface area contributed by atoms with Crippen LogP contribution in [0, 0.1) is 0 Å². The molecule has 0 atom stereocenters. The molecule has 0 bridgehead atoms. The van der Waals surface area contributed by atoms with Crippen molar-refractivity contribution in [1.82, 2.24) is 14.6 Å². The van der Waals surface area contributed by atoms with Crippen molar-refractivity contribution >= 4 is 11.6 Å². The van der Waals surface area contributed by atoms with Crippen LogP contribution in [0.1, 0.15) is 47.1 Å². The predicted molar refractivity (Wildman–Crippen MR) is 61.5 cm³/mol. The van der Waals surface area contributed by atoms with E-state index >= 15 is 0 Å². The molecule has 3 rings (SSSR count). The minimum absolute atomic E-state index is 0.0413. The lowest BCUT2D eigenvalue weighted by atomic mass is 9.82. The van der Waals surface area contributed by atoms with Crippen molar-refractivity contribution in [3.05, 3.63) is 29.2 Å².